The van der Waals surface area contributed by atoms with Crippen molar-refractivity contribution >= 4 is 11.7 Å². The van der Waals surface area contributed by atoms with Crippen molar-refractivity contribution in [2.75, 3.05) is 19.0 Å². The number of aromatic nitrogens is 1. The highest BCUT2D eigenvalue weighted by Gasteiger charge is 1.97. The van der Waals surface area contributed by atoms with Crippen LogP contribution >= 0.6 is 0 Å². The molecule has 0 amide bonds. The molecule has 0 fully saturated rings. The fourth-order valence-electron chi connectivity index (χ4n) is 0.919. The molecule has 14 heavy (non-hydrogen) atoms. The average Bonchev–Trinajstić information content (AvgIpc) is 2.18. The molecule has 76 valence electrons. The summed E-state index contributed by atoms with van der Waals surface area (Å²) in [5.74, 6) is -0.284. The van der Waals surface area contributed by atoms with Crippen LogP contribution in [0.5, 0.6) is 5.88 Å². The molecule has 0 spiro atoms. The summed E-state index contributed by atoms with van der Waals surface area (Å²) in [7, 11) is 1.54. The van der Waals surface area contributed by atoms with Crippen molar-refractivity contribution in [3.63, 3.8) is 0 Å². The number of anilines is 1. The molecule has 0 saturated carbocycles. The summed E-state index contributed by atoms with van der Waals surface area (Å²) in [6.45, 7) is 0.392. The zero-order valence-corrected chi connectivity index (χ0v) is 7.86. The van der Waals surface area contributed by atoms with E-state index >= 15 is 0 Å². The van der Waals surface area contributed by atoms with E-state index in [2.05, 4.69) is 10.3 Å². The lowest BCUT2D eigenvalue weighted by atomic mass is 10.4. The summed E-state index contributed by atoms with van der Waals surface area (Å²) in [5.41, 5.74) is 0.784. The number of rotatable bonds is 5. The van der Waals surface area contributed by atoms with Gasteiger partial charge in [-0.1, -0.05) is 0 Å². The van der Waals surface area contributed by atoms with E-state index < -0.39 is 5.97 Å². The molecule has 0 aromatic carbocycles. The van der Waals surface area contributed by atoms with Crippen LogP contribution in [0.2, 0.25) is 0 Å². The minimum atomic E-state index is -0.820. The maximum atomic E-state index is 10.2. The van der Waals surface area contributed by atoms with E-state index in [1.807, 2.05) is 0 Å². The Kier molecular flexibility index (Phi) is 3.72. The number of methoxy groups -OCH3 is 1. The highest BCUT2D eigenvalue weighted by molar-refractivity contribution is 5.67. The van der Waals surface area contributed by atoms with E-state index in [1.165, 1.54) is 0 Å². The van der Waals surface area contributed by atoms with Crippen LogP contribution in [0, 0.1) is 0 Å². The summed E-state index contributed by atoms with van der Waals surface area (Å²) in [5, 5.41) is 11.3. The number of carbonyl (C=O) groups is 1. The van der Waals surface area contributed by atoms with Gasteiger partial charge in [0.15, 0.2) is 0 Å². The predicted octanol–water partition coefficient (Wildman–Crippen LogP) is 0.977. The Morgan fingerprint density at radius 2 is 2.43 bits per heavy atom. The Balaban J connectivity index is 2.40. The highest BCUT2D eigenvalue weighted by atomic mass is 16.5. The zero-order valence-electron chi connectivity index (χ0n) is 7.86. The Morgan fingerprint density at radius 1 is 1.64 bits per heavy atom. The number of pyridine rings is 1. The van der Waals surface area contributed by atoms with Gasteiger partial charge >= 0.3 is 5.97 Å². The SMILES string of the molecule is COc1ccc(NCCC(=O)O)cn1. The van der Waals surface area contributed by atoms with Gasteiger partial charge in [-0.05, 0) is 6.07 Å². The molecule has 1 aromatic heterocycles. The Bertz CT molecular complexity index is 297. The van der Waals surface area contributed by atoms with Crippen molar-refractivity contribution in [2.45, 2.75) is 6.42 Å². The van der Waals surface area contributed by atoms with Crippen LogP contribution in [0.3, 0.4) is 0 Å². The van der Waals surface area contributed by atoms with Gasteiger partial charge in [0.25, 0.3) is 0 Å². The summed E-state index contributed by atoms with van der Waals surface area (Å²) in [6, 6.07) is 3.50. The number of nitrogens with one attached hydrogen (secondary N) is 1. The molecule has 0 saturated heterocycles. The number of nitrogens with zero attached hydrogens (tertiary/aromatic N) is 1. The molecular weight excluding hydrogens is 184 g/mol. The molecule has 5 heteroatoms. The summed E-state index contributed by atoms with van der Waals surface area (Å²) >= 11 is 0. The molecule has 0 radical (unpaired) electrons. The molecular formula is C9H12N2O3. The van der Waals surface area contributed by atoms with Crippen molar-refractivity contribution < 1.29 is 14.6 Å². The first-order valence-electron chi connectivity index (χ1n) is 4.18. The molecule has 0 bridgehead atoms. The first kappa shape index (κ1) is 10.3. The van der Waals surface area contributed by atoms with E-state index in [9.17, 15) is 4.79 Å². The molecule has 1 rings (SSSR count). The minimum absolute atomic E-state index is 0.0893. The second-order valence-corrected chi connectivity index (χ2v) is 2.66. The number of hydrogen-bond donors (Lipinski definition) is 2. The van der Waals surface area contributed by atoms with Gasteiger partial charge in [0, 0.05) is 12.6 Å². The molecule has 0 aliphatic carbocycles. The van der Waals surface area contributed by atoms with Crippen LogP contribution in [0.1, 0.15) is 6.42 Å². The van der Waals surface area contributed by atoms with Gasteiger partial charge in [-0.25, -0.2) is 4.98 Å². The van der Waals surface area contributed by atoms with Crippen molar-refractivity contribution in [3.8, 4) is 5.88 Å². The first-order chi connectivity index (χ1) is 6.72. The van der Waals surface area contributed by atoms with Crippen LogP contribution in [0.15, 0.2) is 18.3 Å². The molecule has 0 unspecified atom stereocenters. The second kappa shape index (κ2) is 5.06. The highest BCUT2D eigenvalue weighted by Crippen LogP contribution is 2.10. The van der Waals surface area contributed by atoms with Gasteiger partial charge in [-0.15, -0.1) is 0 Å². The Labute approximate surface area is 81.7 Å². The summed E-state index contributed by atoms with van der Waals surface area (Å²) in [4.78, 5) is 14.2. The van der Waals surface area contributed by atoms with Gasteiger partial charge < -0.3 is 15.2 Å². The van der Waals surface area contributed by atoms with Crippen LogP contribution in [-0.4, -0.2) is 29.7 Å². The third-order valence-corrected chi connectivity index (χ3v) is 1.61. The lowest BCUT2D eigenvalue weighted by Gasteiger charge is -2.04. The number of hydrogen-bond acceptors (Lipinski definition) is 4. The standard InChI is InChI=1S/C9H12N2O3/c1-14-8-3-2-7(6-11-8)10-5-4-9(12)13/h2-3,6,10H,4-5H2,1H3,(H,12,13). The van der Waals surface area contributed by atoms with Crippen LogP contribution in [0.4, 0.5) is 5.69 Å². The third-order valence-electron chi connectivity index (χ3n) is 1.61. The maximum Gasteiger partial charge on any atom is 0.305 e. The van der Waals surface area contributed by atoms with Crippen molar-refractivity contribution in [3.05, 3.63) is 18.3 Å². The lowest BCUT2D eigenvalue weighted by molar-refractivity contribution is -0.136. The smallest absolute Gasteiger partial charge is 0.305 e. The number of aliphatic carboxylic acids is 1. The van der Waals surface area contributed by atoms with Crippen molar-refractivity contribution in [1.29, 1.82) is 0 Å². The van der Waals surface area contributed by atoms with Crippen molar-refractivity contribution in [1.82, 2.24) is 4.98 Å². The van der Waals surface area contributed by atoms with E-state index in [0.717, 1.165) is 5.69 Å². The number of carboxylic acid groups (broad SMARTS) is 1. The van der Waals surface area contributed by atoms with Gasteiger partial charge in [0.1, 0.15) is 0 Å². The Morgan fingerprint density at radius 3 is 2.93 bits per heavy atom. The molecule has 1 heterocycles. The summed E-state index contributed by atoms with van der Waals surface area (Å²) in [6.07, 6.45) is 1.69. The van der Waals surface area contributed by atoms with Gasteiger partial charge in [-0.2, -0.15) is 0 Å². The second-order valence-electron chi connectivity index (χ2n) is 2.66. The third kappa shape index (κ3) is 3.30. The zero-order chi connectivity index (χ0) is 10.4. The predicted molar refractivity (Wildman–Crippen MR) is 51.5 cm³/mol. The minimum Gasteiger partial charge on any atom is -0.481 e. The van der Waals surface area contributed by atoms with Gasteiger partial charge in [0.05, 0.1) is 25.4 Å². The summed E-state index contributed by atoms with van der Waals surface area (Å²) < 4.78 is 4.88. The van der Waals surface area contributed by atoms with E-state index in [-0.39, 0.29) is 6.42 Å². The monoisotopic (exact) mass is 196 g/mol. The van der Waals surface area contributed by atoms with Crippen LogP contribution in [-0.2, 0) is 4.79 Å². The lowest BCUT2D eigenvalue weighted by Crippen LogP contribution is -2.07. The molecule has 0 aliphatic rings. The Hall–Kier alpha value is -1.78. The first-order valence-corrected chi connectivity index (χ1v) is 4.18. The molecule has 0 atom stereocenters. The fourth-order valence-corrected chi connectivity index (χ4v) is 0.919. The largest absolute Gasteiger partial charge is 0.481 e. The van der Waals surface area contributed by atoms with Gasteiger partial charge in [0.2, 0.25) is 5.88 Å². The molecule has 1 aromatic rings. The van der Waals surface area contributed by atoms with Crippen LogP contribution < -0.4 is 10.1 Å². The molecule has 2 N–H and O–H groups in total. The fraction of sp³-hybridized carbons (Fsp3) is 0.333. The van der Waals surface area contributed by atoms with Crippen molar-refractivity contribution in [2.24, 2.45) is 0 Å². The topological polar surface area (TPSA) is 71.5 Å². The number of ether oxygens (including phenoxy) is 1. The number of carboxylic acids is 1. The maximum absolute atomic E-state index is 10.2. The molecule has 5 nitrogen and oxygen atoms in total. The molecule has 0 aliphatic heterocycles. The normalized spacial score (nSPS) is 9.50. The van der Waals surface area contributed by atoms with Gasteiger partial charge in [-0.3, -0.25) is 4.79 Å². The van der Waals surface area contributed by atoms with E-state index in [0.29, 0.717) is 12.4 Å². The quantitative estimate of drug-likeness (QED) is 0.734. The van der Waals surface area contributed by atoms with E-state index in [4.69, 9.17) is 9.84 Å². The van der Waals surface area contributed by atoms with Crippen LogP contribution in [0.25, 0.3) is 0 Å². The van der Waals surface area contributed by atoms with E-state index in [1.54, 1.807) is 25.4 Å². The average molecular weight is 196 g/mol.